The Balaban J connectivity index is 1.43. The number of hydrogen-bond donors (Lipinski definition) is 2. The number of hydrogen-bond acceptors (Lipinski definition) is 6. The van der Waals surface area contributed by atoms with Crippen molar-refractivity contribution >= 4 is 23.4 Å². The number of likely N-dealkylation sites (tertiary alicyclic amines) is 1. The van der Waals surface area contributed by atoms with Crippen LogP contribution in [0.5, 0.6) is 11.5 Å². The van der Waals surface area contributed by atoms with Gasteiger partial charge in [-0.05, 0) is 37.1 Å². The van der Waals surface area contributed by atoms with Crippen LogP contribution < -0.4 is 20.1 Å². The lowest BCUT2D eigenvalue weighted by Crippen LogP contribution is -2.53. The summed E-state index contributed by atoms with van der Waals surface area (Å²) in [4.78, 5) is 41.3. The van der Waals surface area contributed by atoms with Crippen LogP contribution in [0.15, 0.2) is 42.5 Å². The van der Waals surface area contributed by atoms with Crippen LogP contribution in [-0.2, 0) is 26.3 Å². The first-order valence-electron chi connectivity index (χ1n) is 10.7. The van der Waals surface area contributed by atoms with E-state index in [1.165, 1.54) is 4.90 Å². The molecule has 32 heavy (non-hydrogen) atoms. The van der Waals surface area contributed by atoms with E-state index >= 15 is 0 Å². The number of rotatable bonds is 5. The van der Waals surface area contributed by atoms with Gasteiger partial charge in [0.1, 0.15) is 5.54 Å². The molecule has 166 valence electrons. The Morgan fingerprint density at radius 1 is 1.00 bits per heavy atom. The van der Waals surface area contributed by atoms with Crippen LogP contribution in [0.1, 0.15) is 18.1 Å². The molecular weight excluding hydrogens is 410 g/mol. The molecule has 0 aromatic heterocycles. The minimum Gasteiger partial charge on any atom is -0.493 e. The molecule has 3 aliphatic rings. The van der Waals surface area contributed by atoms with Gasteiger partial charge in [-0.2, -0.15) is 0 Å². The molecule has 2 fully saturated rings. The van der Waals surface area contributed by atoms with Crippen molar-refractivity contribution in [3.05, 3.63) is 53.6 Å². The summed E-state index contributed by atoms with van der Waals surface area (Å²) >= 11 is 0. The van der Waals surface area contributed by atoms with E-state index in [-0.39, 0.29) is 30.3 Å². The normalized spacial score (nSPS) is 28.2. The molecule has 3 heterocycles. The van der Waals surface area contributed by atoms with Crippen molar-refractivity contribution in [2.45, 2.75) is 24.9 Å². The van der Waals surface area contributed by atoms with E-state index in [1.54, 1.807) is 20.3 Å². The van der Waals surface area contributed by atoms with Crippen LogP contribution in [0.25, 0.3) is 0 Å². The van der Waals surface area contributed by atoms with Crippen LogP contribution in [0, 0.1) is 11.8 Å². The highest BCUT2D eigenvalue weighted by Crippen LogP contribution is 2.52. The fraction of sp³-hybridized carbons (Fsp3) is 0.375. The van der Waals surface area contributed by atoms with E-state index in [9.17, 15) is 14.4 Å². The van der Waals surface area contributed by atoms with Crippen molar-refractivity contribution in [2.24, 2.45) is 11.8 Å². The fourth-order valence-electron chi connectivity index (χ4n) is 5.48. The molecule has 2 saturated heterocycles. The second kappa shape index (κ2) is 7.34. The van der Waals surface area contributed by atoms with Crippen LogP contribution in [-0.4, -0.2) is 49.4 Å². The van der Waals surface area contributed by atoms with Gasteiger partial charge < -0.3 is 14.8 Å². The molecule has 3 amide bonds. The smallest absolute Gasteiger partial charge is 0.250 e. The van der Waals surface area contributed by atoms with Gasteiger partial charge in [-0.1, -0.05) is 24.3 Å². The molecule has 0 radical (unpaired) electrons. The van der Waals surface area contributed by atoms with Gasteiger partial charge >= 0.3 is 0 Å². The van der Waals surface area contributed by atoms with E-state index in [2.05, 4.69) is 10.6 Å². The van der Waals surface area contributed by atoms with Crippen molar-refractivity contribution in [3.8, 4) is 11.5 Å². The highest BCUT2D eigenvalue weighted by atomic mass is 16.5. The Morgan fingerprint density at radius 2 is 1.75 bits per heavy atom. The average molecular weight is 435 g/mol. The standard InChI is InChI=1S/C24H25N3O5/c1-13-19-20(24(26-13)15-6-4-5-7-16(15)25-23(24)30)22(29)27(21(19)28)11-10-14-8-9-17(31-2)18(12-14)32-3/h4-9,12-13,19-20,26H,10-11H2,1-3H3,(H,25,30). The Hall–Kier alpha value is -3.39. The lowest BCUT2D eigenvalue weighted by atomic mass is 9.76. The Morgan fingerprint density at radius 3 is 2.50 bits per heavy atom. The predicted molar refractivity (Wildman–Crippen MR) is 116 cm³/mol. The summed E-state index contributed by atoms with van der Waals surface area (Å²) in [6.07, 6.45) is 0.481. The lowest BCUT2D eigenvalue weighted by molar-refractivity contribution is -0.142. The Kier molecular flexibility index (Phi) is 4.70. The van der Waals surface area contributed by atoms with Crippen LogP contribution in [0.2, 0.25) is 0 Å². The number of fused-ring (bicyclic) bond motifs is 4. The van der Waals surface area contributed by atoms with Gasteiger partial charge in [0, 0.05) is 23.8 Å². The first kappa shape index (κ1) is 20.5. The van der Waals surface area contributed by atoms with E-state index in [4.69, 9.17) is 9.47 Å². The van der Waals surface area contributed by atoms with Crippen molar-refractivity contribution in [1.82, 2.24) is 10.2 Å². The third kappa shape index (κ3) is 2.69. The van der Waals surface area contributed by atoms with Gasteiger partial charge in [-0.3, -0.25) is 24.6 Å². The second-order valence-corrected chi connectivity index (χ2v) is 8.51. The van der Waals surface area contributed by atoms with Crippen LogP contribution >= 0.6 is 0 Å². The molecule has 2 N–H and O–H groups in total. The maximum Gasteiger partial charge on any atom is 0.250 e. The number of ether oxygens (including phenoxy) is 2. The summed E-state index contributed by atoms with van der Waals surface area (Å²) < 4.78 is 10.6. The average Bonchev–Trinajstić information content (AvgIpc) is 3.36. The van der Waals surface area contributed by atoms with E-state index in [0.717, 1.165) is 11.1 Å². The van der Waals surface area contributed by atoms with Crippen LogP contribution in [0.4, 0.5) is 5.69 Å². The third-order valence-electron chi connectivity index (χ3n) is 6.93. The summed E-state index contributed by atoms with van der Waals surface area (Å²) in [7, 11) is 3.13. The minimum atomic E-state index is -1.22. The number of imide groups is 1. The summed E-state index contributed by atoms with van der Waals surface area (Å²) in [6.45, 7) is 2.11. The number of carbonyl (C=O) groups excluding carboxylic acids is 3. The van der Waals surface area contributed by atoms with Crippen molar-refractivity contribution < 1.29 is 23.9 Å². The number of benzene rings is 2. The topological polar surface area (TPSA) is 97.0 Å². The third-order valence-corrected chi connectivity index (χ3v) is 6.93. The zero-order chi connectivity index (χ0) is 22.6. The number of methoxy groups -OCH3 is 2. The molecule has 2 aromatic carbocycles. The number of nitrogens with one attached hydrogen (secondary N) is 2. The molecule has 0 aliphatic carbocycles. The maximum atomic E-state index is 13.5. The molecule has 0 bridgehead atoms. The molecule has 8 heteroatoms. The zero-order valence-electron chi connectivity index (χ0n) is 18.2. The minimum absolute atomic E-state index is 0.227. The molecule has 4 atom stereocenters. The first-order chi connectivity index (χ1) is 15.4. The molecule has 2 aromatic rings. The van der Waals surface area contributed by atoms with Gasteiger partial charge in [0.05, 0.1) is 26.1 Å². The van der Waals surface area contributed by atoms with Crippen LogP contribution in [0.3, 0.4) is 0 Å². The number of carbonyl (C=O) groups is 3. The number of anilines is 1. The largest absolute Gasteiger partial charge is 0.493 e. The second-order valence-electron chi connectivity index (χ2n) is 8.51. The maximum absolute atomic E-state index is 13.5. The molecule has 8 nitrogen and oxygen atoms in total. The molecule has 0 saturated carbocycles. The van der Waals surface area contributed by atoms with Gasteiger partial charge in [0.25, 0.3) is 0 Å². The van der Waals surface area contributed by atoms with E-state index in [0.29, 0.717) is 23.6 Å². The van der Waals surface area contributed by atoms with Gasteiger partial charge in [0.15, 0.2) is 11.5 Å². The van der Waals surface area contributed by atoms with Gasteiger partial charge in [-0.15, -0.1) is 0 Å². The predicted octanol–water partition coefficient (Wildman–Crippen LogP) is 1.69. The summed E-state index contributed by atoms with van der Waals surface area (Å²) in [5, 5.41) is 6.19. The molecule has 4 unspecified atom stereocenters. The fourth-order valence-corrected chi connectivity index (χ4v) is 5.48. The van der Waals surface area contributed by atoms with Gasteiger partial charge in [-0.25, -0.2) is 0 Å². The van der Waals surface area contributed by atoms with Crippen molar-refractivity contribution in [1.29, 1.82) is 0 Å². The van der Waals surface area contributed by atoms with Crippen molar-refractivity contribution in [2.75, 3.05) is 26.1 Å². The summed E-state index contributed by atoms with van der Waals surface area (Å²) in [5.74, 6) is -0.938. The number of amides is 3. The van der Waals surface area contributed by atoms with E-state index < -0.39 is 17.4 Å². The molecule has 1 spiro atoms. The number of para-hydroxylation sites is 1. The summed E-state index contributed by atoms with van der Waals surface area (Å²) in [5.41, 5.74) is 1.12. The zero-order valence-corrected chi connectivity index (χ0v) is 18.2. The molecule has 3 aliphatic heterocycles. The lowest BCUT2D eigenvalue weighted by Gasteiger charge is -2.29. The first-order valence-corrected chi connectivity index (χ1v) is 10.7. The Bertz CT molecular complexity index is 1130. The summed E-state index contributed by atoms with van der Waals surface area (Å²) in [6, 6.07) is 12.6. The highest BCUT2D eigenvalue weighted by molar-refractivity contribution is 6.15. The SMILES string of the molecule is COc1ccc(CCN2C(=O)C3C(C)NC4(C(=O)Nc5ccccc54)C3C2=O)cc1OC. The number of nitrogens with zero attached hydrogens (tertiary/aromatic N) is 1. The van der Waals surface area contributed by atoms with Gasteiger partial charge in [0.2, 0.25) is 17.7 Å². The highest BCUT2D eigenvalue weighted by Gasteiger charge is 2.69. The molecular formula is C24H25N3O5. The quantitative estimate of drug-likeness (QED) is 0.694. The van der Waals surface area contributed by atoms with Crippen molar-refractivity contribution in [3.63, 3.8) is 0 Å². The monoisotopic (exact) mass is 435 g/mol. The molecule has 5 rings (SSSR count). The van der Waals surface area contributed by atoms with E-state index in [1.807, 2.05) is 43.3 Å². The Labute approximate surface area is 185 Å².